The molecule has 0 saturated heterocycles. The first-order valence-electron chi connectivity index (χ1n) is 8.16. The highest BCUT2D eigenvalue weighted by atomic mass is 32.1. The van der Waals surface area contributed by atoms with Crippen LogP contribution in [0.5, 0.6) is 0 Å². The van der Waals surface area contributed by atoms with Crippen LogP contribution >= 0.6 is 11.3 Å². The number of esters is 1. The first-order valence-corrected chi connectivity index (χ1v) is 8.98. The second kappa shape index (κ2) is 6.38. The summed E-state index contributed by atoms with van der Waals surface area (Å²) in [7, 11) is 0. The van der Waals surface area contributed by atoms with Crippen LogP contribution in [0.3, 0.4) is 0 Å². The van der Waals surface area contributed by atoms with Gasteiger partial charge in [0.15, 0.2) is 12.4 Å². The van der Waals surface area contributed by atoms with E-state index in [4.69, 9.17) is 4.74 Å². The Hall–Kier alpha value is -2.99. The van der Waals surface area contributed by atoms with E-state index in [0.717, 1.165) is 21.3 Å². The molecule has 1 aliphatic heterocycles. The maximum Gasteiger partial charge on any atom is 0.348 e. The number of fused-ring (bicyclic) bond motifs is 2. The summed E-state index contributed by atoms with van der Waals surface area (Å²) in [6.45, 7) is 1.46. The summed E-state index contributed by atoms with van der Waals surface area (Å²) < 4.78 is 6.18. The second-order valence-corrected chi connectivity index (χ2v) is 7.24. The monoisotopic (exact) mass is 365 g/mol. The van der Waals surface area contributed by atoms with Gasteiger partial charge in [-0.15, -0.1) is 11.3 Å². The summed E-state index contributed by atoms with van der Waals surface area (Å²) in [4.78, 5) is 36.7. The highest BCUT2D eigenvalue weighted by molar-refractivity contribution is 7.20. The first kappa shape index (κ1) is 16.5. The van der Waals surface area contributed by atoms with E-state index in [1.165, 1.54) is 11.3 Å². The summed E-state index contributed by atoms with van der Waals surface area (Å²) >= 11 is 1.34. The number of hydrogen-bond donors (Lipinski definition) is 1. The van der Waals surface area contributed by atoms with Crippen LogP contribution in [-0.2, 0) is 9.53 Å². The zero-order chi connectivity index (χ0) is 18.3. The van der Waals surface area contributed by atoms with Crippen molar-refractivity contribution in [1.29, 1.82) is 0 Å². The highest BCUT2D eigenvalue weighted by Gasteiger charge is 2.27. The topological polar surface area (TPSA) is 72.5 Å². The predicted octanol–water partition coefficient (Wildman–Crippen LogP) is 4.00. The van der Waals surface area contributed by atoms with Crippen LogP contribution in [0.25, 0.3) is 10.1 Å². The zero-order valence-corrected chi connectivity index (χ0v) is 14.8. The molecule has 5 nitrogen and oxygen atoms in total. The molecule has 0 spiro atoms. The van der Waals surface area contributed by atoms with Crippen molar-refractivity contribution in [3.8, 4) is 0 Å². The molecule has 0 fully saturated rings. The Morgan fingerprint density at radius 1 is 1.15 bits per heavy atom. The van der Waals surface area contributed by atoms with E-state index in [1.54, 1.807) is 31.2 Å². The van der Waals surface area contributed by atoms with Gasteiger partial charge in [0.2, 0.25) is 5.91 Å². The van der Waals surface area contributed by atoms with Crippen molar-refractivity contribution in [3.05, 3.63) is 64.5 Å². The number of Topliss-reactive ketones (excluding diaryl/α,β-unsaturated/α-hetero) is 1. The zero-order valence-electron chi connectivity index (χ0n) is 13.9. The Morgan fingerprint density at radius 3 is 2.77 bits per heavy atom. The molecule has 0 aliphatic carbocycles. The molecule has 1 amide bonds. The molecule has 1 aliphatic rings. The molecule has 0 bridgehead atoms. The van der Waals surface area contributed by atoms with Gasteiger partial charge in [-0.1, -0.05) is 18.2 Å². The molecule has 0 radical (unpaired) electrons. The third-order valence-electron chi connectivity index (χ3n) is 4.45. The first-order chi connectivity index (χ1) is 12.5. The minimum absolute atomic E-state index is 0.0826. The fourth-order valence-corrected chi connectivity index (χ4v) is 3.92. The van der Waals surface area contributed by atoms with Gasteiger partial charge in [0.25, 0.3) is 0 Å². The van der Waals surface area contributed by atoms with E-state index < -0.39 is 5.97 Å². The highest BCUT2D eigenvalue weighted by Crippen LogP contribution is 2.32. The number of ketones is 1. The van der Waals surface area contributed by atoms with Gasteiger partial charge in [0.1, 0.15) is 4.88 Å². The van der Waals surface area contributed by atoms with Crippen molar-refractivity contribution >= 4 is 44.8 Å². The number of benzene rings is 2. The Balaban J connectivity index is 1.45. The molecule has 6 heteroatoms. The van der Waals surface area contributed by atoms with Crippen LogP contribution in [0.15, 0.2) is 48.5 Å². The van der Waals surface area contributed by atoms with Gasteiger partial charge in [-0.25, -0.2) is 4.79 Å². The van der Waals surface area contributed by atoms with Crippen LogP contribution in [0, 0.1) is 0 Å². The number of carbonyl (C=O) groups excluding carboxylic acids is 3. The van der Waals surface area contributed by atoms with E-state index in [-0.39, 0.29) is 24.2 Å². The summed E-state index contributed by atoms with van der Waals surface area (Å²) in [5.41, 5.74) is 1.94. The number of amides is 1. The SMILES string of the molecule is C[C@H]1C(=O)Nc2ccc(C(=O)COC(=O)c3cc4ccccc4s3)cc21. The lowest BCUT2D eigenvalue weighted by Crippen LogP contribution is -2.13. The molecule has 2 aromatic carbocycles. The van der Waals surface area contributed by atoms with Crippen LogP contribution < -0.4 is 5.32 Å². The number of ether oxygens (including phenoxy) is 1. The van der Waals surface area contributed by atoms with E-state index >= 15 is 0 Å². The van der Waals surface area contributed by atoms with Gasteiger partial charge in [-0.05, 0) is 48.2 Å². The quantitative estimate of drug-likeness (QED) is 0.560. The van der Waals surface area contributed by atoms with Crippen LogP contribution in [0.4, 0.5) is 5.69 Å². The van der Waals surface area contributed by atoms with Gasteiger partial charge in [-0.3, -0.25) is 9.59 Å². The van der Waals surface area contributed by atoms with Crippen molar-refractivity contribution in [2.45, 2.75) is 12.8 Å². The molecule has 2 heterocycles. The fraction of sp³-hybridized carbons (Fsp3) is 0.150. The number of carbonyl (C=O) groups is 3. The molecular weight excluding hydrogens is 350 g/mol. The normalized spacial score (nSPS) is 15.6. The van der Waals surface area contributed by atoms with Crippen molar-refractivity contribution in [1.82, 2.24) is 0 Å². The number of rotatable bonds is 4. The largest absolute Gasteiger partial charge is 0.453 e. The average molecular weight is 365 g/mol. The van der Waals surface area contributed by atoms with E-state index in [0.29, 0.717) is 10.4 Å². The third-order valence-corrected chi connectivity index (χ3v) is 5.55. The van der Waals surface area contributed by atoms with Crippen LogP contribution in [-0.4, -0.2) is 24.3 Å². The van der Waals surface area contributed by atoms with Gasteiger partial charge in [0.05, 0.1) is 5.92 Å². The van der Waals surface area contributed by atoms with Crippen molar-refractivity contribution < 1.29 is 19.1 Å². The molecular formula is C20H15NO4S. The van der Waals surface area contributed by atoms with E-state index in [1.807, 2.05) is 24.3 Å². The molecule has 1 N–H and O–H groups in total. The van der Waals surface area contributed by atoms with Crippen molar-refractivity contribution in [3.63, 3.8) is 0 Å². The number of anilines is 1. The maximum absolute atomic E-state index is 12.4. The summed E-state index contributed by atoms with van der Waals surface area (Å²) in [6.07, 6.45) is 0. The third kappa shape index (κ3) is 2.88. The summed E-state index contributed by atoms with van der Waals surface area (Å²) in [5.74, 6) is -1.18. The lowest BCUT2D eigenvalue weighted by atomic mass is 9.99. The second-order valence-electron chi connectivity index (χ2n) is 6.16. The van der Waals surface area contributed by atoms with Gasteiger partial charge in [0, 0.05) is 16.0 Å². The molecule has 0 unspecified atom stereocenters. The summed E-state index contributed by atoms with van der Waals surface area (Å²) in [5, 5.41) is 3.74. The molecule has 26 heavy (non-hydrogen) atoms. The molecule has 3 aromatic rings. The van der Waals surface area contributed by atoms with Crippen molar-refractivity contribution in [2.24, 2.45) is 0 Å². The maximum atomic E-state index is 12.4. The molecule has 1 atom stereocenters. The summed E-state index contributed by atoms with van der Waals surface area (Å²) in [6, 6.07) is 14.5. The Bertz CT molecular complexity index is 1020. The standard InChI is InChI=1S/C20H15NO4S/c1-11-14-8-12(6-7-15(14)21-19(11)23)16(22)10-25-20(24)18-9-13-4-2-3-5-17(13)26-18/h2-9,11H,10H2,1H3,(H,21,23)/t11-/m1/s1. The lowest BCUT2D eigenvalue weighted by Gasteiger charge is -2.06. The predicted molar refractivity (Wildman–Crippen MR) is 99.9 cm³/mol. The Kier molecular flexibility index (Phi) is 4.05. The number of thiophene rings is 1. The van der Waals surface area contributed by atoms with Gasteiger partial charge < -0.3 is 10.1 Å². The smallest absolute Gasteiger partial charge is 0.348 e. The van der Waals surface area contributed by atoms with Crippen LogP contribution in [0.2, 0.25) is 0 Å². The van der Waals surface area contributed by atoms with Crippen molar-refractivity contribution in [2.75, 3.05) is 11.9 Å². The molecule has 130 valence electrons. The lowest BCUT2D eigenvalue weighted by molar-refractivity contribution is -0.116. The molecule has 4 rings (SSSR count). The Labute approximate surface area is 153 Å². The van der Waals surface area contributed by atoms with Gasteiger partial charge >= 0.3 is 5.97 Å². The van der Waals surface area contributed by atoms with E-state index in [2.05, 4.69) is 5.32 Å². The molecule has 1 aromatic heterocycles. The van der Waals surface area contributed by atoms with Crippen LogP contribution in [0.1, 0.15) is 38.4 Å². The average Bonchev–Trinajstić information content (AvgIpc) is 3.20. The minimum Gasteiger partial charge on any atom is -0.453 e. The Morgan fingerprint density at radius 2 is 1.96 bits per heavy atom. The number of nitrogens with one attached hydrogen (secondary N) is 1. The van der Waals surface area contributed by atoms with Gasteiger partial charge in [-0.2, -0.15) is 0 Å². The fourth-order valence-electron chi connectivity index (χ4n) is 2.96. The number of hydrogen-bond acceptors (Lipinski definition) is 5. The minimum atomic E-state index is -0.508. The molecule has 0 saturated carbocycles. The van der Waals surface area contributed by atoms with E-state index in [9.17, 15) is 14.4 Å².